The molecule has 208 valence electrons. The van der Waals surface area contributed by atoms with E-state index in [1.54, 1.807) is 30.1 Å². The number of hydrogen-bond acceptors (Lipinski definition) is 10. The van der Waals surface area contributed by atoms with E-state index in [1.807, 2.05) is 13.8 Å². The molecule has 2 fully saturated rings. The minimum absolute atomic E-state index is 0.00725. The number of hydrogen-bond donors (Lipinski definition) is 1. The molecule has 1 atom stereocenters. The van der Waals surface area contributed by atoms with Crippen LogP contribution in [0.1, 0.15) is 87.8 Å². The van der Waals surface area contributed by atoms with Crippen LogP contribution in [0.25, 0.3) is 22.6 Å². The normalized spacial score (nSPS) is 16.3. The van der Waals surface area contributed by atoms with Gasteiger partial charge < -0.3 is 5.32 Å². The predicted molar refractivity (Wildman–Crippen MR) is 151 cm³/mol. The topological polar surface area (TPSA) is 146 Å². The van der Waals surface area contributed by atoms with Crippen molar-refractivity contribution < 1.29 is 8.42 Å². The molecule has 0 bridgehead atoms. The molecule has 1 unspecified atom stereocenters. The van der Waals surface area contributed by atoms with Crippen molar-refractivity contribution in [3.63, 3.8) is 0 Å². The highest BCUT2D eigenvalue weighted by molar-refractivity contribution is 7.91. The number of aromatic nitrogens is 7. The molecule has 4 heterocycles. The first-order valence-corrected chi connectivity index (χ1v) is 15.5. The van der Waals surface area contributed by atoms with E-state index in [-0.39, 0.29) is 34.6 Å². The van der Waals surface area contributed by atoms with Gasteiger partial charge in [-0.2, -0.15) is 0 Å². The second kappa shape index (κ2) is 10.3. The third-order valence-corrected chi connectivity index (χ3v) is 9.41. The Balaban J connectivity index is 1.38. The van der Waals surface area contributed by atoms with Gasteiger partial charge in [-0.1, -0.05) is 13.8 Å². The maximum absolute atomic E-state index is 13.7. The summed E-state index contributed by atoms with van der Waals surface area (Å²) in [6, 6.07) is 3.04. The van der Waals surface area contributed by atoms with E-state index in [9.17, 15) is 13.2 Å². The Bertz CT molecular complexity index is 1720. The van der Waals surface area contributed by atoms with Crippen LogP contribution in [0.5, 0.6) is 0 Å². The van der Waals surface area contributed by atoms with Crippen molar-refractivity contribution in [1.82, 2.24) is 34.5 Å². The highest BCUT2D eigenvalue weighted by Gasteiger charge is 2.35. The van der Waals surface area contributed by atoms with E-state index in [2.05, 4.69) is 25.3 Å². The van der Waals surface area contributed by atoms with E-state index in [0.29, 0.717) is 34.5 Å². The fraction of sp³-hybridized carbons (Fsp3) is 0.464. The molecule has 0 radical (unpaired) electrons. The molecule has 6 rings (SSSR count). The molecule has 2 saturated carbocycles. The van der Waals surface area contributed by atoms with Crippen LogP contribution in [-0.4, -0.2) is 48.6 Å². The fourth-order valence-corrected chi connectivity index (χ4v) is 5.67. The highest BCUT2D eigenvalue weighted by atomic mass is 32.2. The van der Waals surface area contributed by atoms with E-state index < -0.39 is 9.84 Å². The molecule has 0 amide bonds. The summed E-state index contributed by atoms with van der Waals surface area (Å²) < 4.78 is 25.9. The van der Waals surface area contributed by atoms with Gasteiger partial charge in [-0.3, -0.25) is 14.3 Å². The first kappa shape index (κ1) is 26.4. The summed E-state index contributed by atoms with van der Waals surface area (Å²) in [7, 11) is -3.33. The van der Waals surface area contributed by atoms with Crippen molar-refractivity contribution in [1.29, 1.82) is 0 Å². The third-order valence-electron chi connectivity index (χ3n) is 7.69. The minimum Gasteiger partial charge on any atom is -0.360 e. The fourth-order valence-electron chi connectivity index (χ4n) is 4.84. The second-order valence-corrected chi connectivity index (χ2v) is 12.9. The van der Waals surface area contributed by atoms with Crippen LogP contribution in [0.15, 0.2) is 40.5 Å². The molecule has 11 nitrogen and oxygen atoms in total. The summed E-state index contributed by atoms with van der Waals surface area (Å²) in [4.78, 5) is 41.6. The summed E-state index contributed by atoms with van der Waals surface area (Å²) in [6.45, 7) is 5.81. The standard InChI is InChI=1S/C28H32N8O3S/c1-4-16(3)36-27-21(34-26(28(36)37)30-12-19-10-11-20(13-29-19)40(38,39)5-2)14-31-25(35-27)22-23(17-6-7-17)32-15-33-24(22)18-8-9-18/h10-11,13-18H,4-9,12H2,1-3H3,(H,30,34). The van der Waals surface area contributed by atoms with Crippen molar-refractivity contribution in [3.8, 4) is 11.4 Å². The van der Waals surface area contributed by atoms with Gasteiger partial charge in [0, 0.05) is 24.1 Å². The zero-order valence-corrected chi connectivity index (χ0v) is 23.6. The van der Waals surface area contributed by atoms with Gasteiger partial charge in [-0.25, -0.2) is 33.3 Å². The van der Waals surface area contributed by atoms with Crippen molar-refractivity contribution in [2.45, 2.75) is 82.2 Å². The lowest BCUT2D eigenvalue weighted by molar-refractivity contribution is 0.526. The Hall–Kier alpha value is -3.80. The highest BCUT2D eigenvalue weighted by Crippen LogP contribution is 2.48. The SMILES string of the molecule is CCC(C)n1c(=O)c(NCc2ccc(S(=O)(=O)CC)cn2)nc2cnc(-c3c(C4CC4)ncnc3C3CC3)nc21. The molecule has 0 aromatic carbocycles. The van der Waals surface area contributed by atoms with Crippen LogP contribution in [0.3, 0.4) is 0 Å². The van der Waals surface area contributed by atoms with Gasteiger partial charge >= 0.3 is 0 Å². The number of nitrogens with one attached hydrogen (secondary N) is 1. The lowest BCUT2D eigenvalue weighted by Gasteiger charge is -2.18. The number of fused-ring (bicyclic) bond motifs is 1. The third kappa shape index (κ3) is 4.96. The average Bonchev–Trinajstić information content (AvgIpc) is 3.89. The van der Waals surface area contributed by atoms with E-state index in [1.165, 1.54) is 12.3 Å². The largest absolute Gasteiger partial charge is 0.360 e. The molecule has 0 saturated heterocycles. The summed E-state index contributed by atoms with van der Waals surface area (Å²) in [5.41, 5.74) is 4.21. The van der Waals surface area contributed by atoms with E-state index >= 15 is 0 Å². The molecular formula is C28H32N8O3S. The quantitative estimate of drug-likeness (QED) is 0.300. The van der Waals surface area contributed by atoms with Crippen molar-refractivity contribution in [2.24, 2.45) is 0 Å². The Morgan fingerprint density at radius 2 is 1.68 bits per heavy atom. The maximum atomic E-state index is 13.7. The van der Waals surface area contributed by atoms with Crippen molar-refractivity contribution in [2.75, 3.05) is 11.1 Å². The van der Waals surface area contributed by atoms with Gasteiger partial charge in [-0.05, 0) is 51.2 Å². The lowest BCUT2D eigenvalue weighted by atomic mass is 10.0. The van der Waals surface area contributed by atoms with Crippen LogP contribution in [0, 0.1) is 0 Å². The number of anilines is 1. The molecule has 4 aromatic rings. The second-order valence-electron chi connectivity index (χ2n) is 10.6. The Morgan fingerprint density at radius 3 is 2.25 bits per heavy atom. The minimum atomic E-state index is -3.33. The van der Waals surface area contributed by atoms with Gasteiger partial charge in [-0.15, -0.1) is 0 Å². The number of rotatable bonds is 10. The zero-order valence-electron chi connectivity index (χ0n) is 22.8. The van der Waals surface area contributed by atoms with Crippen LogP contribution in [0.4, 0.5) is 5.82 Å². The lowest BCUT2D eigenvalue weighted by Crippen LogP contribution is -2.28. The van der Waals surface area contributed by atoms with Crippen LogP contribution >= 0.6 is 0 Å². The van der Waals surface area contributed by atoms with Crippen LogP contribution < -0.4 is 10.9 Å². The summed E-state index contributed by atoms with van der Waals surface area (Å²) in [6.07, 6.45) is 9.79. The van der Waals surface area contributed by atoms with Crippen molar-refractivity contribution >= 4 is 26.8 Å². The first-order valence-electron chi connectivity index (χ1n) is 13.9. The summed E-state index contributed by atoms with van der Waals surface area (Å²) in [5, 5.41) is 3.09. The molecular weight excluding hydrogens is 528 g/mol. The van der Waals surface area contributed by atoms with Gasteiger partial charge in [0.25, 0.3) is 5.56 Å². The van der Waals surface area contributed by atoms with Crippen molar-refractivity contribution in [3.05, 3.63) is 58.3 Å². The number of nitrogens with zero attached hydrogens (tertiary/aromatic N) is 7. The number of pyridine rings is 1. The smallest absolute Gasteiger partial charge is 0.295 e. The number of sulfone groups is 1. The predicted octanol–water partition coefficient (Wildman–Crippen LogP) is 4.17. The monoisotopic (exact) mass is 560 g/mol. The van der Waals surface area contributed by atoms with Gasteiger partial charge in [0.05, 0.1) is 46.0 Å². The Morgan fingerprint density at radius 1 is 0.975 bits per heavy atom. The van der Waals surface area contributed by atoms with E-state index in [4.69, 9.17) is 9.97 Å². The molecule has 0 spiro atoms. The molecule has 40 heavy (non-hydrogen) atoms. The molecule has 2 aliphatic carbocycles. The maximum Gasteiger partial charge on any atom is 0.295 e. The van der Waals surface area contributed by atoms with Crippen LogP contribution in [-0.2, 0) is 16.4 Å². The van der Waals surface area contributed by atoms with E-state index in [0.717, 1.165) is 49.1 Å². The summed E-state index contributed by atoms with van der Waals surface area (Å²) in [5.74, 6) is 1.52. The molecule has 2 aliphatic rings. The van der Waals surface area contributed by atoms with Crippen LogP contribution in [0.2, 0.25) is 0 Å². The van der Waals surface area contributed by atoms with Gasteiger partial charge in [0.2, 0.25) is 0 Å². The Labute approximate surface area is 232 Å². The zero-order chi connectivity index (χ0) is 28.0. The van der Waals surface area contributed by atoms with Gasteiger partial charge in [0.1, 0.15) is 11.8 Å². The van der Waals surface area contributed by atoms with Gasteiger partial charge in [0.15, 0.2) is 27.1 Å². The molecule has 1 N–H and O–H groups in total. The molecule has 12 heteroatoms. The first-order chi connectivity index (χ1) is 19.3. The average molecular weight is 561 g/mol. The Kier molecular flexibility index (Phi) is 6.81. The molecule has 4 aromatic heterocycles. The summed E-state index contributed by atoms with van der Waals surface area (Å²) >= 11 is 0. The molecule has 0 aliphatic heterocycles.